The molecule has 3 aromatic carbocycles. The van der Waals surface area contributed by atoms with Crippen LogP contribution in [-0.4, -0.2) is 29.6 Å². The molecule has 0 aromatic heterocycles. The summed E-state index contributed by atoms with van der Waals surface area (Å²) >= 11 is 0. The molecular weight excluding hydrogens is 595 g/mol. The number of piperidine rings is 1. The number of benzene rings is 3. The first-order valence-electron chi connectivity index (χ1n) is 17.0. The van der Waals surface area contributed by atoms with Crippen molar-refractivity contribution in [2.45, 2.75) is 90.3 Å². The molecule has 3 aromatic rings. The lowest BCUT2D eigenvalue weighted by atomic mass is 9.89. The summed E-state index contributed by atoms with van der Waals surface area (Å²) in [7, 11) is 0. The predicted octanol–water partition coefficient (Wildman–Crippen LogP) is 10.2. The van der Waals surface area contributed by atoms with Crippen molar-refractivity contribution in [1.82, 2.24) is 4.90 Å². The number of fused-ring (bicyclic) bond motifs is 2. The molecule has 6 rings (SSSR count). The maximum Gasteiger partial charge on any atom is 0.416 e. The fourth-order valence-corrected chi connectivity index (χ4v) is 7.02. The topological polar surface area (TPSA) is 37.4 Å². The standard InChI is InChI=1S/C30H34F3NO.C11H10O.H2/c31-30(32,33)26-11-6-22(7-12-26)20-34-16-14-21(15-17-34)8-13-29(35)25-10-9-24-18-23-4-2-1-3-5-27(23)28(24)19-25;1-3-9-5-7-10(8-6-9)11(12)4-2;/h6-7,9-12,19,21H,1-5,8,13-18,20H2;2,5-8H,3H2,1H3;1H. The van der Waals surface area contributed by atoms with Gasteiger partial charge in [-0.25, -0.2) is 0 Å². The molecule has 0 unspecified atom stereocenters. The van der Waals surface area contributed by atoms with Crippen LogP contribution >= 0.6 is 0 Å². The monoisotopic (exact) mass is 641 g/mol. The van der Waals surface area contributed by atoms with Crippen LogP contribution in [0.1, 0.15) is 115 Å². The summed E-state index contributed by atoms with van der Waals surface area (Å²) < 4.78 is 38.3. The van der Waals surface area contributed by atoms with E-state index >= 15 is 0 Å². The molecule has 0 atom stereocenters. The molecule has 6 heteroatoms. The van der Waals surface area contributed by atoms with Gasteiger partial charge in [0.2, 0.25) is 5.78 Å². The van der Waals surface area contributed by atoms with Gasteiger partial charge in [-0.3, -0.25) is 14.5 Å². The van der Waals surface area contributed by atoms with E-state index in [9.17, 15) is 22.8 Å². The minimum absolute atomic E-state index is 0. The predicted molar refractivity (Wildman–Crippen MR) is 184 cm³/mol. The molecule has 1 fully saturated rings. The second-order valence-electron chi connectivity index (χ2n) is 13.1. The van der Waals surface area contributed by atoms with Gasteiger partial charge in [-0.2, -0.15) is 13.2 Å². The summed E-state index contributed by atoms with van der Waals surface area (Å²) in [6.07, 6.45) is 12.5. The summed E-state index contributed by atoms with van der Waals surface area (Å²) in [6, 6.07) is 19.2. The lowest BCUT2D eigenvalue weighted by Gasteiger charge is -2.32. The molecule has 1 aliphatic heterocycles. The van der Waals surface area contributed by atoms with E-state index in [2.05, 4.69) is 29.9 Å². The molecule has 0 radical (unpaired) electrons. The average Bonchev–Trinajstić information content (AvgIpc) is 3.26. The first kappa shape index (κ1) is 34.4. The smallest absolute Gasteiger partial charge is 0.299 e. The Morgan fingerprint density at radius 1 is 0.894 bits per heavy atom. The van der Waals surface area contributed by atoms with Crippen LogP contribution < -0.4 is 0 Å². The van der Waals surface area contributed by atoms with Crippen molar-refractivity contribution in [3.63, 3.8) is 0 Å². The highest BCUT2D eigenvalue weighted by Gasteiger charge is 2.30. The number of allylic oxidation sites excluding steroid dienone is 2. The molecular formula is C41H46F3NO2. The van der Waals surface area contributed by atoms with Crippen LogP contribution in [0.15, 0.2) is 72.3 Å². The largest absolute Gasteiger partial charge is 0.416 e. The number of aryl methyl sites for hydroxylation is 1. The van der Waals surface area contributed by atoms with Crippen molar-refractivity contribution < 1.29 is 24.2 Å². The molecule has 2 aliphatic carbocycles. The van der Waals surface area contributed by atoms with Crippen molar-refractivity contribution in [1.29, 1.82) is 0 Å². The number of hydrogen-bond donors (Lipinski definition) is 0. The van der Waals surface area contributed by atoms with Crippen molar-refractivity contribution >= 4 is 17.1 Å². The van der Waals surface area contributed by atoms with Gasteiger partial charge < -0.3 is 0 Å². The van der Waals surface area contributed by atoms with Crippen molar-refractivity contribution in [2.75, 3.05) is 13.1 Å². The Morgan fingerprint density at radius 3 is 2.21 bits per heavy atom. The maximum absolute atomic E-state index is 13.0. The molecule has 3 aliphatic rings. The van der Waals surface area contributed by atoms with Gasteiger partial charge in [0.1, 0.15) is 0 Å². The molecule has 0 saturated carbocycles. The zero-order chi connectivity index (χ0) is 33.4. The van der Waals surface area contributed by atoms with Gasteiger partial charge in [0, 0.05) is 25.5 Å². The third-order valence-electron chi connectivity index (χ3n) is 9.92. The van der Waals surface area contributed by atoms with E-state index in [1.54, 1.807) is 29.8 Å². The zero-order valence-electron chi connectivity index (χ0n) is 27.3. The molecule has 3 nitrogen and oxygen atoms in total. The van der Waals surface area contributed by atoms with Gasteiger partial charge in [0.25, 0.3) is 0 Å². The van der Waals surface area contributed by atoms with E-state index in [4.69, 9.17) is 6.42 Å². The highest BCUT2D eigenvalue weighted by molar-refractivity contribution is 6.08. The van der Waals surface area contributed by atoms with Gasteiger partial charge in [0.05, 0.1) is 5.56 Å². The quantitative estimate of drug-likeness (QED) is 0.140. The van der Waals surface area contributed by atoms with Gasteiger partial charge in [0.15, 0.2) is 5.78 Å². The van der Waals surface area contributed by atoms with Crippen molar-refractivity contribution in [3.05, 3.63) is 111 Å². The number of likely N-dealkylation sites (tertiary alicyclic amines) is 1. The molecule has 1 heterocycles. The number of hydrogen-bond acceptors (Lipinski definition) is 3. The fraction of sp³-hybridized carbons (Fsp3) is 0.415. The van der Waals surface area contributed by atoms with E-state index in [0.29, 0.717) is 24.4 Å². The normalized spacial score (nSPS) is 16.7. The Bertz CT molecular complexity index is 1630. The van der Waals surface area contributed by atoms with Crippen LogP contribution in [0.4, 0.5) is 13.2 Å². The fourth-order valence-electron chi connectivity index (χ4n) is 7.02. The Balaban J connectivity index is 0.000000340. The highest BCUT2D eigenvalue weighted by atomic mass is 19.4. The first-order chi connectivity index (χ1) is 22.6. The van der Waals surface area contributed by atoms with Gasteiger partial charge in [-0.1, -0.05) is 67.4 Å². The summed E-state index contributed by atoms with van der Waals surface area (Å²) in [5.41, 5.74) is 8.84. The number of alkyl halides is 3. The lowest BCUT2D eigenvalue weighted by molar-refractivity contribution is -0.137. The van der Waals surface area contributed by atoms with Gasteiger partial charge >= 0.3 is 6.18 Å². The average molecular weight is 642 g/mol. The molecule has 248 valence electrons. The number of nitrogens with zero attached hydrogens (tertiary/aromatic N) is 1. The molecule has 47 heavy (non-hydrogen) atoms. The van der Waals surface area contributed by atoms with E-state index in [0.717, 1.165) is 62.7 Å². The number of rotatable bonds is 8. The van der Waals surface area contributed by atoms with Crippen LogP contribution in [0.5, 0.6) is 0 Å². The molecule has 0 spiro atoms. The SMILES string of the molecule is C#CC(=O)c1ccc(CC)cc1.O=C(CCC1CCN(Cc2ccc(C(F)(F)F)cc2)CC1)c1ccc2c(c1)C1=C(CCCCC1)C2.[HH]. The Kier molecular flexibility index (Phi) is 11.5. The minimum atomic E-state index is -4.29. The lowest BCUT2D eigenvalue weighted by Crippen LogP contribution is -2.33. The highest BCUT2D eigenvalue weighted by Crippen LogP contribution is 2.41. The van der Waals surface area contributed by atoms with Crippen LogP contribution in [0.25, 0.3) is 5.57 Å². The summed E-state index contributed by atoms with van der Waals surface area (Å²) in [5.74, 6) is 2.62. The van der Waals surface area contributed by atoms with Crippen LogP contribution in [0.2, 0.25) is 0 Å². The summed E-state index contributed by atoms with van der Waals surface area (Å²) in [6.45, 7) is 4.60. The summed E-state index contributed by atoms with van der Waals surface area (Å²) in [4.78, 5) is 26.3. The Hall–Kier alpha value is -3.95. The van der Waals surface area contributed by atoms with E-state index in [1.807, 2.05) is 18.2 Å². The number of carbonyl (C=O) groups excluding carboxylic acids is 2. The maximum atomic E-state index is 13.0. The number of terminal acetylenes is 1. The van der Waals surface area contributed by atoms with E-state index < -0.39 is 11.7 Å². The number of Topliss-reactive ketones (excluding diaryl/α,β-unsaturated/α-hetero) is 2. The van der Waals surface area contributed by atoms with Crippen LogP contribution in [0, 0.1) is 18.3 Å². The van der Waals surface area contributed by atoms with Crippen LogP contribution in [-0.2, 0) is 25.6 Å². The molecule has 1 saturated heterocycles. The molecule has 0 N–H and O–H groups in total. The second-order valence-corrected chi connectivity index (χ2v) is 13.1. The van der Waals surface area contributed by atoms with Crippen molar-refractivity contribution in [2.24, 2.45) is 5.92 Å². The van der Waals surface area contributed by atoms with Gasteiger partial charge in [-0.15, -0.1) is 6.42 Å². The third kappa shape index (κ3) is 9.11. The zero-order valence-corrected chi connectivity index (χ0v) is 27.3. The Labute approximate surface area is 278 Å². The van der Waals surface area contributed by atoms with E-state index in [1.165, 1.54) is 60.1 Å². The first-order valence-corrected chi connectivity index (χ1v) is 17.0. The minimum Gasteiger partial charge on any atom is -0.299 e. The second kappa shape index (κ2) is 15.8. The molecule has 0 amide bonds. The van der Waals surface area contributed by atoms with E-state index in [-0.39, 0.29) is 13.0 Å². The number of ketones is 2. The Morgan fingerprint density at radius 2 is 1.55 bits per heavy atom. The molecule has 0 bridgehead atoms. The summed E-state index contributed by atoms with van der Waals surface area (Å²) in [5, 5.41) is 0. The number of carbonyl (C=O) groups is 2. The van der Waals surface area contributed by atoms with Crippen molar-refractivity contribution in [3.8, 4) is 12.3 Å². The van der Waals surface area contributed by atoms with Gasteiger partial charge in [-0.05, 0) is 129 Å². The van der Waals surface area contributed by atoms with Crippen LogP contribution in [0.3, 0.4) is 0 Å². The number of halogens is 3. The third-order valence-corrected chi connectivity index (χ3v) is 9.92.